The van der Waals surface area contributed by atoms with E-state index >= 15 is 0 Å². The van der Waals surface area contributed by atoms with Crippen LogP contribution in [0.3, 0.4) is 0 Å². The van der Waals surface area contributed by atoms with Crippen LogP contribution < -0.4 is 14.4 Å². The lowest BCUT2D eigenvalue weighted by molar-refractivity contribution is -0.119. The fraction of sp³-hybridized carbons (Fsp3) is 0.222. The molecule has 8 heteroatoms. The molecule has 3 rings (SSSR count). The van der Waals surface area contributed by atoms with Crippen LogP contribution in [0.2, 0.25) is 0 Å². The molecule has 0 saturated carbocycles. The molecule has 1 N–H and O–H groups in total. The quantitative estimate of drug-likeness (QED) is 0.886. The van der Waals surface area contributed by atoms with Crippen molar-refractivity contribution in [2.75, 3.05) is 22.5 Å². The third-order valence-corrected chi connectivity index (χ3v) is 5.94. The highest BCUT2D eigenvalue weighted by atomic mass is 32.2. The first-order valence-corrected chi connectivity index (χ1v) is 9.55. The molecule has 0 spiro atoms. The number of nitrogens with one attached hydrogen (secondary N) is 1. The number of carbonyl (C=O) groups excluding carboxylic acids is 2. The van der Waals surface area contributed by atoms with E-state index < -0.39 is 21.8 Å². The Labute approximate surface area is 151 Å². The van der Waals surface area contributed by atoms with Gasteiger partial charge in [0.25, 0.3) is 5.91 Å². The molecule has 1 atom stereocenters. The van der Waals surface area contributed by atoms with Crippen LogP contribution in [-0.2, 0) is 14.8 Å². The summed E-state index contributed by atoms with van der Waals surface area (Å²) in [7, 11) is -2.10. The number of hydrogen-bond donors (Lipinski definition) is 1. The number of amides is 2. The molecule has 2 aromatic carbocycles. The van der Waals surface area contributed by atoms with Gasteiger partial charge < -0.3 is 10.1 Å². The fourth-order valence-electron chi connectivity index (χ4n) is 2.71. The largest absolute Gasteiger partial charge is 0.497 e. The minimum Gasteiger partial charge on any atom is -0.497 e. The van der Waals surface area contributed by atoms with Gasteiger partial charge in [0, 0.05) is 11.3 Å². The summed E-state index contributed by atoms with van der Waals surface area (Å²) < 4.78 is 30.1. The van der Waals surface area contributed by atoms with Crippen LogP contribution in [0.15, 0.2) is 48.5 Å². The molecule has 26 heavy (non-hydrogen) atoms. The Kier molecular flexibility index (Phi) is 4.69. The van der Waals surface area contributed by atoms with E-state index in [1.54, 1.807) is 38.3 Å². The van der Waals surface area contributed by atoms with Gasteiger partial charge >= 0.3 is 0 Å². The van der Waals surface area contributed by atoms with Crippen LogP contribution in [0.5, 0.6) is 5.75 Å². The zero-order valence-corrected chi connectivity index (χ0v) is 15.1. The number of benzene rings is 2. The van der Waals surface area contributed by atoms with E-state index in [1.165, 1.54) is 24.3 Å². The summed E-state index contributed by atoms with van der Waals surface area (Å²) in [6.07, 6.45) is 0. The molecule has 0 bridgehead atoms. The summed E-state index contributed by atoms with van der Waals surface area (Å²) >= 11 is 0. The van der Waals surface area contributed by atoms with Crippen molar-refractivity contribution in [3.05, 3.63) is 54.1 Å². The second kappa shape index (κ2) is 6.80. The Bertz CT molecular complexity index is 937. The maximum Gasteiger partial charge on any atom is 0.255 e. The molecule has 1 heterocycles. The lowest BCUT2D eigenvalue weighted by atomic mass is 10.1. The first-order valence-electron chi connectivity index (χ1n) is 7.94. The summed E-state index contributed by atoms with van der Waals surface area (Å²) in [6.45, 7) is 1.58. The number of sulfonamides is 1. The summed E-state index contributed by atoms with van der Waals surface area (Å²) in [5, 5.41) is 2.74. The van der Waals surface area contributed by atoms with Crippen LogP contribution in [-0.4, -0.2) is 33.1 Å². The van der Waals surface area contributed by atoms with Crippen molar-refractivity contribution < 1.29 is 22.7 Å². The molecule has 1 aliphatic rings. The monoisotopic (exact) mass is 374 g/mol. The number of rotatable bonds is 4. The normalized spacial score (nSPS) is 18.6. The van der Waals surface area contributed by atoms with E-state index in [9.17, 15) is 18.0 Å². The van der Waals surface area contributed by atoms with Crippen molar-refractivity contribution in [1.29, 1.82) is 0 Å². The van der Waals surface area contributed by atoms with E-state index in [1.807, 2.05) is 0 Å². The molecule has 1 aliphatic heterocycles. The Morgan fingerprint density at radius 3 is 2.23 bits per heavy atom. The molecule has 0 aromatic heterocycles. The molecule has 0 unspecified atom stereocenters. The van der Waals surface area contributed by atoms with Crippen LogP contribution >= 0.6 is 0 Å². The van der Waals surface area contributed by atoms with Crippen molar-refractivity contribution in [3.8, 4) is 5.75 Å². The minimum absolute atomic E-state index is 0.203. The van der Waals surface area contributed by atoms with Gasteiger partial charge in [0.05, 0.1) is 24.5 Å². The van der Waals surface area contributed by atoms with Crippen LogP contribution in [0.25, 0.3) is 0 Å². The van der Waals surface area contributed by atoms with Gasteiger partial charge in [-0.2, -0.15) is 0 Å². The van der Waals surface area contributed by atoms with Gasteiger partial charge in [0.15, 0.2) is 0 Å². The molecule has 136 valence electrons. The van der Waals surface area contributed by atoms with Crippen molar-refractivity contribution >= 4 is 33.2 Å². The van der Waals surface area contributed by atoms with Gasteiger partial charge in [0.1, 0.15) is 5.75 Å². The number of nitrogens with zero attached hydrogens (tertiary/aromatic N) is 1. The predicted octanol–water partition coefficient (Wildman–Crippen LogP) is 2.26. The first kappa shape index (κ1) is 17.9. The maximum absolute atomic E-state index is 12.3. The Morgan fingerprint density at radius 2 is 1.73 bits per heavy atom. The van der Waals surface area contributed by atoms with Crippen LogP contribution in [0.1, 0.15) is 17.3 Å². The predicted molar refractivity (Wildman–Crippen MR) is 97.8 cm³/mol. The molecule has 2 amide bonds. The van der Waals surface area contributed by atoms with Gasteiger partial charge in [0.2, 0.25) is 15.9 Å². The van der Waals surface area contributed by atoms with Gasteiger partial charge in [-0.15, -0.1) is 0 Å². The second-order valence-electron chi connectivity index (χ2n) is 6.01. The minimum atomic E-state index is -3.66. The second-order valence-corrected chi connectivity index (χ2v) is 7.87. The number of carbonyl (C=O) groups is 2. The number of hydrogen-bond acceptors (Lipinski definition) is 5. The Morgan fingerprint density at radius 1 is 1.12 bits per heavy atom. The molecule has 0 radical (unpaired) electrons. The van der Waals surface area contributed by atoms with Crippen LogP contribution in [0, 0.1) is 5.92 Å². The summed E-state index contributed by atoms with van der Waals surface area (Å²) in [6, 6.07) is 12.8. The van der Waals surface area contributed by atoms with E-state index in [4.69, 9.17) is 4.74 Å². The number of anilines is 2. The SMILES string of the molecule is COc1ccc(NC(=O)c2ccc(N3C(=O)[C@H](C)CS3(=O)=O)cc2)cc1. The first-order chi connectivity index (χ1) is 12.3. The maximum atomic E-state index is 12.3. The Hall–Kier alpha value is -2.87. The highest BCUT2D eigenvalue weighted by Gasteiger charge is 2.41. The summed E-state index contributed by atoms with van der Waals surface area (Å²) in [4.78, 5) is 24.4. The average molecular weight is 374 g/mol. The highest BCUT2D eigenvalue weighted by molar-refractivity contribution is 7.94. The zero-order chi connectivity index (χ0) is 18.9. The van der Waals surface area contributed by atoms with Gasteiger partial charge in [-0.05, 0) is 48.5 Å². The van der Waals surface area contributed by atoms with Gasteiger partial charge in [-0.25, -0.2) is 12.7 Å². The molecule has 2 aromatic rings. The van der Waals surface area contributed by atoms with Crippen molar-refractivity contribution in [3.63, 3.8) is 0 Å². The highest BCUT2D eigenvalue weighted by Crippen LogP contribution is 2.28. The molecule has 7 nitrogen and oxygen atoms in total. The lowest BCUT2D eigenvalue weighted by Crippen LogP contribution is -2.30. The van der Waals surface area contributed by atoms with E-state index in [-0.39, 0.29) is 17.3 Å². The third kappa shape index (κ3) is 3.41. The summed E-state index contributed by atoms with van der Waals surface area (Å²) in [5.41, 5.74) is 1.19. The standard InChI is InChI=1S/C18H18N2O5S/c1-12-11-26(23,24)20(18(12)22)15-7-3-13(4-8-15)17(21)19-14-5-9-16(25-2)10-6-14/h3-10,12H,11H2,1-2H3,(H,19,21)/t12-/m1/s1. The number of methoxy groups -OCH3 is 1. The zero-order valence-electron chi connectivity index (χ0n) is 14.3. The van der Waals surface area contributed by atoms with Crippen molar-refractivity contribution in [2.24, 2.45) is 5.92 Å². The van der Waals surface area contributed by atoms with E-state index in [0.29, 0.717) is 17.0 Å². The Balaban J connectivity index is 1.76. The third-order valence-electron chi connectivity index (χ3n) is 4.07. The molecular formula is C18H18N2O5S. The van der Waals surface area contributed by atoms with Crippen molar-refractivity contribution in [1.82, 2.24) is 0 Å². The molecule has 1 fully saturated rings. The molecule has 1 saturated heterocycles. The molecule has 0 aliphatic carbocycles. The van der Waals surface area contributed by atoms with Crippen LogP contribution in [0.4, 0.5) is 11.4 Å². The average Bonchev–Trinajstić information content (AvgIpc) is 2.83. The van der Waals surface area contributed by atoms with Crippen molar-refractivity contribution in [2.45, 2.75) is 6.92 Å². The summed E-state index contributed by atoms with van der Waals surface area (Å²) in [5.74, 6) is -0.895. The number of ether oxygens (including phenoxy) is 1. The lowest BCUT2D eigenvalue weighted by Gasteiger charge is -2.15. The van der Waals surface area contributed by atoms with E-state index in [0.717, 1.165) is 4.31 Å². The van der Waals surface area contributed by atoms with Gasteiger partial charge in [-0.1, -0.05) is 6.92 Å². The fourth-order valence-corrected chi connectivity index (χ4v) is 4.53. The topological polar surface area (TPSA) is 92.8 Å². The smallest absolute Gasteiger partial charge is 0.255 e. The molecular weight excluding hydrogens is 356 g/mol. The van der Waals surface area contributed by atoms with Gasteiger partial charge in [-0.3, -0.25) is 9.59 Å². The van der Waals surface area contributed by atoms with E-state index in [2.05, 4.69) is 5.32 Å².